The van der Waals surface area contributed by atoms with E-state index in [0.29, 0.717) is 5.82 Å². The monoisotopic (exact) mass is 197 g/mol. The molecule has 76 valence electrons. The molecular formula is C9H12FN3O. The summed E-state index contributed by atoms with van der Waals surface area (Å²) < 4.78 is 11.8. The van der Waals surface area contributed by atoms with E-state index in [9.17, 15) is 9.18 Å². The second-order valence-corrected chi connectivity index (χ2v) is 2.60. The number of alkyl halides is 1. The van der Waals surface area contributed by atoms with Gasteiger partial charge in [0.15, 0.2) is 0 Å². The third kappa shape index (κ3) is 2.69. The molecule has 0 aliphatic rings. The SMILES string of the molecule is CNc1cccc(C(=O)NCCF)n1. The molecule has 4 nitrogen and oxygen atoms in total. The van der Waals surface area contributed by atoms with E-state index in [1.165, 1.54) is 0 Å². The lowest BCUT2D eigenvalue weighted by Crippen LogP contribution is -2.26. The van der Waals surface area contributed by atoms with E-state index in [2.05, 4.69) is 15.6 Å². The van der Waals surface area contributed by atoms with Crippen LogP contribution in [0.2, 0.25) is 0 Å². The Labute approximate surface area is 81.5 Å². The van der Waals surface area contributed by atoms with Crippen LogP contribution in [0.1, 0.15) is 10.5 Å². The molecule has 1 aromatic heterocycles. The summed E-state index contributed by atoms with van der Waals surface area (Å²) in [7, 11) is 1.71. The highest BCUT2D eigenvalue weighted by Gasteiger charge is 2.05. The number of rotatable bonds is 4. The number of anilines is 1. The maximum atomic E-state index is 11.8. The van der Waals surface area contributed by atoms with Gasteiger partial charge in [0.1, 0.15) is 18.2 Å². The Morgan fingerprint density at radius 3 is 3.00 bits per heavy atom. The van der Waals surface area contributed by atoms with E-state index in [-0.39, 0.29) is 18.1 Å². The van der Waals surface area contributed by atoms with Crippen molar-refractivity contribution in [2.45, 2.75) is 0 Å². The fraction of sp³-hybridized carbons (Fsp3) is 0.333. The molecule has 0 atom stereocenters. The molecular weight excluding hydrogens is 185 g/mol. The molecule has 0 aromatic carbocycles. The molecule has 14 heavy (non-hydrogen) atoms. The molecule has 0 spiro atoms. The summed E-state index contributed by atoms with van der Waals surface area (Å²) in [6, 6.07) is 5.03. The second kappa shape index (κ2) is 5.16. The Morgan fingerprint density at radius 1 is 1.57 bits per heavy atom. The number of pyridine rings is 1. The molecule has 1 heterocycles. The van der Waals surface area contributed by atoms with E-state index in [4.69, 9.17) is 0 Å². The summed E-state index contributed by atoms with van der Waals surface area (Å²) in [6.45, 7) is -0.554. The quantitative estimate of drug-likeness (QED) is 0.751. The largest absolute Gasteiger partial charge is 0.373 e. The number of hydrogen-bond acceptors (Lipinski definition) is 3. The zero-order valence-electron chi connectivity index (χ0n) is 7.88. The van der Waals surface area contributed by atoms with E-state index < -0.39 is 6.67 Å². The highest BCUT2D eigenvalue weighted by molar-refractivity contribution is 5.92. The van der Waals surface area contributed by atoms with Crippen molar-refractivity contribution < 1.29 is 9.18 Å². The van der Waals surface area contributed by atoms with Crippen molar-refractivity contribution >= 4 is 11.7 Å². The van der Waals surface area contributed by atoms with Gasteiger partial charge in [0.25, 0.3) is 5.91 Å². The van der Waals surface area contributed by atoms with Crippen LogP contribution < -0.4 is 10.6 Å². The summed E-state index contributed by atoms with van der Waals surface area (Å²) in [6.07, 6.45) is 0. The maximum absolute atomic E-state index is 11.8. The minimum atomic E-state index is -0.572. The lowest BCUT2D eigenvalue weighted by molar-refractivity contribution is 0.0946. The zero-order valence-corrected chi connectivity index (χ0v) is 7.88. The van der Waals surface area contributed by atoms with Crippen LogP contribution in [0.15, 0.2) is 18.2 Å². The maximum Gasteiger partial charge on any atom is 0.270 e. The van der Waals surface area contributed by atoms with Crippen LogP contribution in [-0.4, -0.2) is 31.2 Å². The molecule has 0 saturated carbocycles. The first-order valence-electron chi connectivity index (χ1n) is 4.27. The number of nitrogens with zero attached hydrogens (tertiary/aromatic N) is 1. The Bertz CT molecular complexity index is 317. The lowest BCUT2D eigenvalue weighted by atomic mass is 10.3. The molecule has 0 radical (unpaired) electrons. The van der Waals surface area contributed by atoms with Crippen molar-refractivity contribution in [2.75, 3.05) is 25.6 Å². The van der Waals surface area contributed by atoms with E-state index in [1.54, 1.807) is 25.2 Å². The van der Waals surface area contributed by atoms with Crippen molar-refractivity contribution in [2.24, 2.45) is 0 Å². The van der Waals surface area contributed by atoms with Crippen molar-refractivity contribution in [3.8, 4) is 0 Å². The summed E-state index contributed by atoms with van der Waals surface area (Å²) in [5.41, 5.74) is 0.283. The van der Waals surface area contributed by atoms with Crippen LogP contribution in [-0.2, 0) is 0 Å². The van der Waals surface area contributed by atoms with Crippen LogP contribution in [0.5, 0.6) is 0 Å². The number of carbonyl (C=O) groups is 1. The van der Waals surface area contributed by atoms with Crippen molar-refractivity contribution in [3.63, 3.8) is 0 Å². The van der Waals surface area contributed by atoms with Gasteiger partial charge in [-0.05, 0) is 12.1 Å². The number of hydrogen-bond donors (Lipinski definition) is 2. The van der Waals surface area contributed by atoms with Gasteiger partial charge < -0.3 is 10.6 Å². The third-order valence-electron chi connectivity index (χ3n) is 1.62. The Balaban J connectivity index is 2.69. The molecule has 1 rings (SSSR count). The third-order valence-corrected chi connectivity index (χ3v) is 1.62. The van der Waals surface area contributed by atoms with Crippen molar-refractivity contribution in [1.29, 1.82) is 0 Å². The number of aromatic nitrogens is 1. The Kier molecular flexibility index (Phi) is 3.84. The molecule has 1 amide bonds. The van der Waals surface area contributed by atoms with E-state index in [1.807, 2.05) is 0 Å². The fourth-order valence-corrected chi connectivity index (χ4v) is 0.952. The summed E-state index contributed by atoms with van der Waals surface area (Å²) in [5.74, 6) is 0.248. The number of halogens is 1. The Hall–Kier alpha value is -1.65. The normalized spacial score (nSPS) is 9.57. The van der Waals surface area contributed by atoms with Crippen molar-refractivity contribution in [3.05, 3.63) is 23.9 Å². The smallest absolute Gasteiger partial charge is 0.270 e. The molecule has 0 unspecified atom stereocenters. The van der Waals surface area contributed by atoms with Gasteiger partial charge in [0, 0.05) is 13.6 Å². The van der Waals surface area contributed by atoms with Gasteiger partial charge in [0.2, 0.25) is 0 Å². The topological polar surface area (TPSA) is 54.0 Å². The lowest BCUT2D eigenvalue weighted by Gasteiger charge is -2.03. The number of nitrogens with one attached hydrogen (secondary N) is 2. The first-order chi connectivity index (χ1) is 6.77. The first-order valence-corrected chi connectivity index (χ1v) is 4.27. The predicted octanol–water partition coefficient (Wildman–Crippen LogP) is 0.823. The van der Waals surface area contributed by atoms with Gasteiger partial charge in [0.05, 0.1) is 0 Å². The van der Waals surface area contributed by atoms with Gasteiger partial charge >= 0.3 is 0 Å². The predicted molar refractivity (Wildman–Crippen MR) is 52.1 cm³/mol. The van der Waals surface area contributed by atoms with E-state index >= 15 is 0 Å². The van der Waals surface area contributed by atoms with Crippen molar-refractivity contribution in [1.82, 2.24) is 10.3 Å². The van der Waals surface area contributed by atoms with E-state index in [0.717, 1.165) is 0 Å². The molecule has 5 heteroatoms. The average Bonchev–Trinajstić information content (AvgIpc) is 2.26. The highest BCUT2D eigenvalue weighted by Crippen LogP contribution is 2.03. The second-order valence-electron chi connectivity index (χ2n) is 2.60. The summed E-state index contributed by atoms with van der Waals surface area (Å²) in [5, 5.41) is 5.21. The molecule has 0 bridgehead atoms. The number of amides is 1. The van der Waals surface area contributed by atoms with Gasteiger partial charge in [-0.2, -0.15) is 0 Å². The minimum Gasteiger partial charge on any atom is -0.373 e. The fourth-order valence-electron chi connectivity index (χ4n) is 0.952. The molecule has 0 aliphatic carbocycles. The standard InChI is InChI=1S/C9H12FN3O/c1-11-8-4-2-3-7(13-8)9(14)12-6-5-10/h2-4H,5-6H2,1H3,(H,11,13)(H,12,14). The molecule has 0 fully saturated rings. The van der Waals surface area contributed by atoms with Crippen LogP contribution in [0.25, 0.3) is 0 Å². The van der Waals surface area contributed by atoms with Crippen LogP contribution in [0.4, 0.5) is 10.2 Å². The average molecular weight is 197 g/mol. The molecule has 0 saturated heterocycles. The number of carbonyl (C=O) groups excluding carboxylic acids is 1. The van der Waals surface area contributed by atoms with Gasteiger partial charge in [-0.3, -0.25) is 4.79 Å². The van der Waals surface area contributed by atoms with Crippen LogP contribution in [0.3, 0.4) is 0 Å². The van der Waals surface area contributed by atoms with Crippen LogP contribution >= 0.6 is 0 Å². The summed E-state index contributed by atoms with van der Waals surface area (Å²) >= 11 is 0. The highest BCUT2D eigenvalue weighted by atomic mass is 19.1. The molecule has 0 aliphatic heterocycles. The summed E-state index contributed by atoms with van der Waals surface area (Å²) in [4.78, 5) is 15.3. The van der Waals surface area contributed by atoms with Crippen LogP contribution in [0, 0.1) is 0 Å². The van der Waals surface area contributed by atoms with Gasteiger partial charge in [-0.15, -0.1) is 0 Å². The van der Waals surface area contributed by atoms with Gasteiger partial charge in [-0.1, -0.05) is 6.07 Å². The minimum absolute atomic E-state index is 0.0181. The first kappa shape index (κ1) is 10.4. The molecule has 1 aromatic rings. The Morgan fingerprint density at radius 2 is 2.36 bits per heavy atom. The van der Waals surface area contributed by atoms with Gasteiger partial charge in [-0.25, -0.2) is 9.37 Å². The molecule has 2 N–H and O–H groups in total. The zero-order chi connectivity index (χ0) is 10.4.